The van der Waals surface area contributed by atoms with E-state index in [1.54, 1.807) is 6.07 Å². The van der Waals surface area contributed by atoms with Crippen molar-refractivity contribution in [3.63, 3.8) is 0 Å². The van der Waals surface area contributed by atoms with Crippen LogP contribution in [-0.2, 0) is 4.79 Å². The average molecular weight is 359 g/mol. The minimum Gasteiger partial charge on any atom is -0.331 e. The van der Waals surface area contributed by atoms with Crippen molar-refractivity contribution >= 4 is 46.0 Å². The Morgan fingerprint density at radius 2 is 2.08 bits per heavy atom. The van der Waals surface area contributed by atoms with Crippen molar-refractivity contribution < 1.29 is 14.1 Å². The molecule has 0 radical (unpaired) electrons. The second-order valence-corrected chi connectivity index (χ2v) is 5.39. The summed E-state index contributed by atoms with van der Waals surface area (Å²) in [6, 6.07) is 9.57. The topological polar surface area (TPSA) is 109 Å². The van der Waals surface area contributed by atoms with Gasteiger partial charge in [-0.15, -0.1) is 0 Å². The van der Waals surface area contributed by atoms with Crippen molar-refractivity contribution in [3.8, 4) is 0 Å². The van der Waals surface area contributed by atoms with Gasteiger partial charge in [0, 0.05) is 23.4 Å². The molecular weight excluding hydrogens is 349 g/mol. The second kappa shape index (κ2) is 6.61. The number of nitrogens with one attached hydrogen (secondary N) is 3. The fourth-order valence-electron chi connectivity index (χ4n) is 2.20. The number of carbonyl (C=O) groups excluding carboxylic acids is 1. The number of benzene rings is 2. The Labute approximate surface area is 145 Å². The van der Waals surface area contributed by atoms with Gasteiger partial charge in [0.15, 0.2) is 10.8 Å². The van der Waals surface area contributed by atoms with Gasteiger partial charge in [0.2, 0.25) is 0 Å². The van der Waals surface area contributed by atoms with Crippen molar-refractivity contribution in [1.82, 2.24) is 5.43 Å². The minimum atomic E-state index is -0.532. The predicted octanol–water partition coefficient (Wildman–Crippen LogP) is 2.38. The van der Waals surface area contributed by atoms with Gasteiger partial charge in [-0.25, -0.2) is 4.39 Å². The van der Waals surface area contributed by atoms with Crippen LogP contribution in [0.5, 0.6) is 0 Å². The lowest BCUT2D eigenvalue weighted by Crippen LogP contribution is -2.27. The maximum Gasteiger partial charge on any atom is 0.276 e. The molecule has 1 aliphatic rings. The Kier molecular flexibility index (Phi) is 4.35. The van der Waals surface area contributed by atoms with Gasteiger partial charge in [0.1, 0.15) is 5.82 Å². The molecule has 0 spiro atoms. The van der Waals surface area contributed by atoms with Crippen LogP contribution in [0.2, 0.25) is 0 Å². The van der Waals surface area contributed by atoms with E-state index in [1.807, 2.05) is 0 Å². The first-order chi connectivity index (χ1) is 11.9. The fourth-order valence-corrected chi connectivity index (χ4v) is 2.36. The molecule has 10 heteroatoms. The molecule has 0 saturated heterocycles. The molecule has 0 bridgehead atoms. The number of halogens is 1. The summed E-state index contributed by atoms with van der Waals surface area (Å²) in [7, 11) is 0. The first-order valence-corrected chi connectivity index (χ1v) is 7.35. The smallest absolute Gasteiger partial charge is 0.276 e. The maximum absolute atomic E-state index is 13.3. The largest absolute Gasteiger partial charge is 0.331 e. The molecule has 1 aliphatic heterocycles. The van der Waals surface area contributed by atoms with Gasteiger partial charge in [-0.05, 0) is 36.5 Å². The number of nitro groups is 1. The standard InChI is InChI=1S/C15H10FN5O3S/c16-8-4-5-12-11(6-8)13(14(22)18-12)19-20-15(25)17-9-2-1-3-10(7-9)21(23)24/h1-7H,(H2,17,20,25)(H,18,19,22). The van der Waals surface area contributed by atoms with E-state index in [-0.39, 0.29) is 16.5 Å². The van der Waals surface area contributed by atoms with E-state index in [4.69, 9.17) is 12.2 Å². The first kappa shape index (κ1) is 16.5. The molecule has 2 aromatic rings. The van der Waals surface area contributed by atoms with E-state index in [1.165, 1.54) is 36.4 Å². The molecule has 0 saturated carbocycles. The van der Waals surface area contributed by atoms with Crippen LogP contribution in [0, 0.1) is 15.9 Å². The highest BCUT2D eigenvalue weighted by atomic mass is 32.1. The van der Waals surface area contributed by atoms with Gasteiger partial charge in [0.05, 0.1) is 10.6 Å². The van der Waals surface area contributed by atoms with Gasteiger partial charge < -0.3 is 10.6 Å². The number of hydrazone groups is 1. The molecule has 25 heavy (non-hydrogen) atoms. The average Bonchev–Trinajstić information content (AvgIpc) is 2.88. The highest BCUT2D eigenvalue weighted by molar-refractivity contribution is 7.80. The lowest BCUT2D eigenvalue weighted by molar-refractivity contribution is -0.384. The highest BCUT2D eigenvalue weighted by Gasteiger charge is 2.26. The fraction of sp³-hybridized carbons (Fsp3) is 0. The Bertz CT molecular complexity index is 931. The second-order valence-electron chi connectivity index (χ2n) is 4.98. The molecule has 0 fully saturated rings. The van der Waals surface area contributed by atoms with Crippen LogP contribution in [0.15, 0.2) is 47.6 Å². The molecule has 1 amide bonds. The zero-order chi connectivity index (χ0) is 18.0. The number of thiocarbonyl (C=S) groups is 1. The Balaban J connectivity index is 1.73. The summed E-state index contributed by atoms with van der Waals surface area (Å²) in [4.78, 5) is 22.1. The molecule has 0 aliphatic carbocycles. The third-order valence-electron chi connectivity index (χ3n) is 3.28. The Morgan fingerprint density at radius 3 is 2.84 bits per heavy atom. The van der Waals surface area contributed by atoms with Gasteiger partial charge in [-0.1, -0.05) is 6.07 Å². The summed E-state index contributed by atoms with van der Waals surface area (Å²) in [5.41, 5.74) is 3.50. The first-order valence-electron chi connectivity index (χ1n) is 6.94. The zero-order valence-electron chi connectivity index (χ0n) is 12.4. The summed E-state index contributed by atoms with van der Waals surface area (Å²) in [6.07, 6.45) is 0. The quantitative estimate of drug-likeness (QED) is 0.441. The predicted molar refractivity (Wildman–Crippen MR) is 94.0 cm³/mol. The van der Waals surface area contributed by atoms with Crippen molar-refractivity contribution in [2.24, 2.45) is 5.10 Å². The molecule has 2 aromatic carbocycles. The number of fused-ring (bicyclic) bond motifs is 1. The number of anilines is 2. The molecular formula is C15H10FN5O3S. The van der Waals surface area contributed by atoms with Crippen LogP contribution in [0.25, 0.3) is 0 Å². The van der Waals surface area contributed by atoms with E-state index in [9.17, 15) is 19.3 Å². The van der Waals surface area contributed by atoms with Crippen LogP contribution < -0.4 is 16.1 Å². The van der Waals surface area contributed by atoms with E-state index >= 15 is 0 Å². The molecule has 3 rings (SSSR count). The molecule has 8 nitrogen and oxygen atoms in total. The lowest BCUT2D eigenvalue weighted by atomic mass is 10.1. The number of nitro benzene ring substituents is 1. The third-order valence-corrected chi connectivity index (χ3v) is 3.48. The van der Waals surface area contributed by atoms with E-state index in [0.717, 1.165) is 0 Å². The summed E-state index contributed by atoms with van der Waals surface area (Å²) >= 11 is 5.04. The summed E-state index contributed by atoms with van der Waals surface area (Å²) in [5, 5.41) is 19.9. The minimum absolute atomic E-state index is 0.0160. The number of nitrogens with zero attached hydrogens (tertiary/aromatic N) is 2. The van der Waals surface area contributed by atoms with Crippen LogP contribution in [0.3, 0.4) is 0 Å². The van der Waals surface area contributed by atoms with E-state index in [0.29, 0.717) is 16.9 Å². The number of carbonyl (C=O) groups is 1. The number of hydrogen-bond acceptors (Lipinski definition) is 5. The van der Waals surface area contributed by atoms with Crippen LogP contribution >= 0.6 is 12.2 Å². The lowest BCUT2D eigenvalue weighted by Gasteiger charge is -2.07. The summed E-state index contributed by atoms with van der Waals surface area (Å²) < 4.78 is 13.3. The van der Waals surface area contributed by atoms with Crippen molar-refractivity contribution in [2.75, 3.05) is 10.6 Å². The van der Waals surface area contributed by atoms with Crippen molar-refractivity contribution in [2.45, 2.75) is 0 Å². The maximum atomic E-state index is 13.3. The summed E-state index contributed by atoms with van der Waals surface area (Å²) in [5.74, 6) is -0.994. The molecule has 0 unspecified atom stereocenters. The van der Waals surface area contributed by atoms with E-state index < -0.39 is 16.6 Å². The Morgan fingerprint density at radius 1 is 1.28 bits per heavy atom. The van der Waals surface area contributed by atoms with Crippen LogP contribution in [-0.4, -0.2) is 21.7 Å². The zero-order valence-corrected chi connectivity index (χ0v) is 13.3. The van der Waals surface area contributed by atoms with Gasteiger partial charge in [-0.3, -0.25) is 20.3 Å². The monoisotopic (exact) mass is 359 g/mol. The van der Waals surface area contributed by atoms with Gasteiger partial charge >= 0.3 is 0 Å². The molecule has 1 heterocycles. The van der Waals surface area contributed by atoms with E-state index in [2.05, 4.69) is 21.2 Å². The van der Waals surface area contributed by atoms with Crippen molar-refractivity contribution in [1.29, 1.82) is 0 Å². The molecule has 3 N–H and O–H groups in total. The van der Waals surface area contributed by atoms with Crippen LogP contribution in [0.1, 0.15) is 5.56 Å². The van der Waals surface area contributed by atoms with Gasteiger partial charge in [-0.2, -0.15) is 5.10 Å². The third kappa shape index (κ3) is 3.58. The number of amides is 1. The SMILES string of the molecule is O=C1Nc2ccc(F)cc2/C1=N/NC(=S)Nc1cccc([N+](=O)[O-])c1. The van der Waals surface area contributed by atoms with Gasteiger partial charge in [0.25, 0.3) is 11.6 Å². The molecule has 0 atom stereocenters. The Hall–Kier alpha value is -3.40. The number of hydrogen-bond donors (Lipinski definition) is 3. The normalized spacial score (nSPS) is 14.0. The number of rotatable bonds is 3. The molecule has 126 valence electrons. The number of non-ortho nitro benzene ring substituents is 1. The van der Waals surface area contributed by atoms with Crippen LogP contribution in [0.4, 0.5) is 21.5 Å². The molecule has 0 aromatic heterocycles. The highest BCUT2D eigenvalue weighted by Crippen LogP contribution is 2.24. The summed E-state index contributed by atoms with van der Waals surface area (Å²) in [6.45, 7) is 0. The van der Waals surface area contributed by atoms with Crippen molar-refractivity contribution in [3.05, 3.63) is 64.0 Å².